The molecule has 1 aromatic rings. The molecule has 88 valence electrons. The number of fused-ring (bicyclic) bond motifs is 2. The van der Waals surface area contributed by atoms with Crippen LogP contribution in [0, 0.1) is 11.8 Å². The molecule has 1 aromatic heterocycles. The molecule has 2 heteroatoms. The molecule has 0 spiro atoms. The van der Waals surface area contributed by atoms with E-state index in [1.807, 2.05) is 12.3 Å². The van der Waals surface area contributed by atoms with Crippen LogP contribution < -0.4 is 5.32 Å². The maximum absolute atomic E-state index is 5.64. The van der Waals surface area contributed by atoms with Crippen LogP contribution in [0.3, 0.4) is 0 Å². The Morgan fingerprint density at radius 1 is 1.38 bits per heavy atom. The standard InChI is InChI=1S/C14H21NO/c1-2-7-15-14-11-6-5-10(9-11)13(14)12-4-3-8-16-12/h3-4,8,10-11,13-15H,2,5-7,9H2,1H3. The van der Waals surface area contributed by atoms with E-state index in [2.05, 4.69) is 18.3 Å². The van der Waals surface area contributed by atoms with Crippen LogP contribution in [-0.4, -0.2) is 12.6 Å². The Morgan fingerprint density at radius 3 is 3.00 bits per heavy atom. The zero-order valence-corrected chi connectivity index (χ0v) is 9.99. The van der Waals surface area contributed by atoms with Crippen LogP contribution in [0.25, 0.3) is 0 Å². The van der Waals surface area contributed by atoms with Gasteiger partial charge in [-0.25, -0.2) is 0 Å². The summed E-state index contributed by atoms with van der Waals surface area (Å²) in [5.41, 5.74) is 0. The Hall–Kier alpha value is -0.760. The second kappa shape index (κ2) is 4.25. The Kier molecular flexibility index (Phi) is 2.76. The predicted octanol–water partition coefficient (Wildman–Crippen LogP) is 3.16. The second-order valence-corrected chi connectivity index (χ2v) is 5.35. The predicted molar refractivity (Wildman–Crippen MR) is 64.4 cm³/mol. The van der Waals surface area contributed by atoms with Gasteiger partial charge in [0.1, 0.15) is 5.76 Å². The minimum atomic E-state index is 0.639. The summed E-state index contributed by atoms with van der Waals surface area (Å²) >= 11 is 0. The molecular formula is C14H21NO. The maximum atomic E-state index is 5.64. The first kappa shape index (κ1) is 10.4. The van der Waals surface area contributed by atoms with E-state index < -0.39 is 0 Å². The van der Waals surface area contributed by atoms with E-state index in [9.17, 15) is 0 Å². The van der Waals surface area contributed by atoms with E-state index in [0.717, 1.165) is 18.4 Å². The summed E-state index contributed by atoms with van der Waals surface area (Å²) in [6.07, 6.45) is 7.27. The van der Waals surface area contributed by atoms with Crippen molar-refractivity contribution in [2.24, 2.45) is 11.8 Å². The lowest BCUT2D eigenvalue weighted by molar-refractivity contribution is 0.279. The van der Waals surface area contributed by atoms with Gasteiger partial charge in [-0.1, -0.05) is 6.92 Å². The van der Waals surface area contributed by atoms with Crippen molar-refractivity contribution in [3.8, 4) is 0 Å². The molecule has 2 nitrogen and oxygen atoms in total. The fraction of sp³-hybridized carbons (Fsp3) is 0.714. The quantitative estimate of drug-likeness (QED) is 0.841. The second-order valence-electron chi connectivity index (χ2n) is 5.35. The molecule has 0 aliphatic heterocycles. The number of hydrogen-bond donors (Lipinski definition) is 1. The average Bonchev–Trinajstić information content (AvgIpc) is 3.00. The van der Waals surface area contributed by atoms with Gasteiger partial charge < -0.3 is 9.73 Å². The first-order valence-electron chi connectivity index (χ1n) is 6.67. The van der Waals surface area contributed by atoms with Gasteiger partial charge in [0.15, 0.2) is 0 Å². The molecule has 1 N–H and O–H groups in total. The molecule has 0 radical (unpaired) electrons. The van der Waals surface area contributed by atoms with Crippen molar-refractivity contribution in [2.75, 3.05) is 6.54 Å². The van der Waals surface area contributed by atoms with E-state index in [4.69, 9.17) is 4.42 Å². The van der Waals surface area contributed by atoms with Gasteiger partial charge in [0.25, 0.3) is 0 Å². The molecule has 2 aliphatic carbocycles. The molecule has 2 aliphatic rings. The van der Waals surface area contributed by atoms with Crippen molar-refractivity contribution in [3.63, 3.8) is 0 Å². The Balaban J connectivity index is 1.79. The summed E-state index contributed by atoms with van der Waals surface area (Å²) in [6, 6.07) is 4.86. The normalized spacial score (nSPS) is 37.1. The van der Waals surface area contributed by atoms with Crippen molar-refractivity contribution in [1.29, 1.82) is 0 Å². The highest BCUT2D eigenvalue weighted by Gasteiger charge is 2.48. The lowest BCUT2D eigenvalue weighted by Crippen LogP contribution is -2.39. The van der Waals surface area contributed by atoms with Gasteiger partial charge in [-0.05, 0) is 56.2 Å². The SMILES string of the molecule is CCCNC1C2CCC(C2)C1c1ccco1. The topological polar surface area (TPSA) is 25.2 Å². The smallest absolute Gasteiger partial charge is 0.108 e. The Morgan fingerprint density at radius 2 is 2.25 bits per heavy atom. The highest BCUT2D eigenvalue weighted by molar-refractivity contribution is 5.17. The van der Waals surface area contributed by atoms with Crippen LogP contribution in [0.2, 0.25) is 0 Å². The molecule has 4 unspecified atom stereocenters. The van der Waals surface area contributed by atoms with Crippen molar-refractivity contribution >= 4 is 0 Å². The molecular weight excluding hydrogens is 198 g/mol. The van der Waals surface area contributed by atoms with E-state index in [1.54, 1.807) is 0 Å². The van der Waals surface area contributed by atoms with E-state index in [0.29, 0.717) is 12.0 Å². The van der Waals surface area contributed by atoms with Gasteiger partial charge in [0.2, 0.25) is 0 Å². The van der Waals surface area contributed by atoms with Gasteiger partial charge in [0, 0.05) is 12.0 Å². The number of hydrogen-bond acceptors (Lipinski definition) is 2. The van der Waals surface area contributed by atoms with Crippen molar-refractivity contribution in [1.82, 2.24) is 5.32 Å². The fourth-order valence-electron chi connectivity index (χ4n) is 3.79. The summed E-state index contributed by atoms with van der Waals surface area (Å²) in [5, 5.41) is 3.74. The van der Waals surface area contributed by atoms with Gasteiger partial charge >= 0.3 is 0 Å². The fourth-order valence-corrected chi connectivity index (χ4v) is 3.79. The molecule has 0 saturated heterocycles. The summed E-state index contributed by atoms with van der Waals surface area (Å²) in [4.78, 5) is 0. The van der Waals surface area contributed by atoms with Crippen LogP contribution in [0.5, 0.6) is 0 Å². The molecule has 0 aromatic carbocycles. The molecule has 2 fully saturated rings. The summed E-state index contributed by atoms with van der Waals surface area (Å²) in [6.45, 7) is 3.38. The lowest BCUT2D eigenvalue weighted by Gasteiger charge is -2.30. The Bertz CT molecular complexity index is 333. The first-order valence-corrected chi connectivity index (χ1v) is 6.67. The van der Waals surface area contributed by atoms with E-state index >= 15 is 0 Å². The van der Waals surface area contributed by atoms with Gasteiger partial charge in [-0.3, -0.25) is 0 Å². The highest BCUT2D eigenvalue weighted by Crippen LogP contribution is 2.53. The van der Waals surface area contributed by atoms with E-state index in [1.165, 1.54) is 31.4 Å². The number of nitrogens with one attached hydrogen (secondary N) is 1. The van der Waals surface area contributed by atoms with Crippen LogP contribution in [0.15, 0.2) is 22.8 Å². The van der Waals surface area contributed by atoms with Crippen LogP contribution in [0.4, 0.5) is 0 Å². The lowest BCUT2D eigenvalue weighted by atomic mass is 9.83. The van der Waals surface area contributed by atoms with E-state index in [-0.39, 0.29) is 0 Å². The number of furan rings is 1. The third-order valence-corrected chi connectivity index (χ3v) is 4.42. The summed E-state index contributed by atoms with van der Waals surface area (Å²) < 4.78 is 5.64. The van der Waals surface area contributed by atoms with Gasteiger partial charge in [-0.2, -0.15) is 0 Å². The zero-order chi connectivity index (χ0) is 11.0. The highest BCUT2D eigenvalue weighted by atomic mass is 16.3. The van der Waals surface area contributed by atoms with Crippen molar-refractivity contribution in [3.05, 3.63) is 24.2 Å². The van der Waals surface area contributed by atoms with Crippen LogP contribution in [0.1, 0.15) is 44.3 Å². The minimum absolute atomic E-state index is 0.639. The molecule has 3 rings (SSSR count). The molecule has 1 heterocycles. The van der Waals surface area contributed by atoms with Crippen LogP contribution in [-0.2, 0) is 0 Å². The molecule has 2 bridgehead atoms. The molecule has 2 saturated carbocycles. The van der Waals surface area contributed by atoms with Crippen LogP contribution >= 0.6 is 0 Å². The third kappa shape index (κ3) is 1.60. The summed E-state index contributed by atoms with van der Waals surface area (Å²) in [5.74, 6) is 3.61. The Labute approximate surface area is 97.4 Å². The van der Waals surface area contributed by atoms with Crippen molar-refractivity contribution in [2.45, 2.75) is 44.6 Å². The summed E-state index contributed by atoms with van der Waals surface area (Å²) in [7, 11) is 0. The monoisotopic (exact) mass is 219 g/mol. The third-order valence-electron chi connectivity index (χ3n) is 4.42. The zero-order valence-electron chi connectivity index (χ0n) is 9.99. The van der Waals surface area contributed by atoms with Gasteiger partial charge in [0.05, 0.1) is 6.26 Å². The largest absolute Gasteiger partial charge is 0.469 e. The minimum Gasteiger partial charge on any atom is -0.469 e. The molecule has 4 atom stereocenters. The maximum Gasteiger partial charge on any atom is 0.108 e. The molecule has 16 heavy (non-hydrogen) atoms. The first-order chi connectivity index (χ1) is 7.90. The van der Waals surface area contributed by atoms with Crippen molar-refractivity contribution < 1.29 is 4.42 Å². The number of rotatable bonds is 4. The average molecular weight is 219 g/mol. The van der Waals surface area contributed by atoms with Gasteiger partial charge in [-0.15, -0.1) is 0 Å². The molecule has 0 amide bonds.